The zero-order chi connectivity index (χ0) is 9.99. The van der Waals surface area contributed by atoms with Gasteiger partial charge in [0, 0.05) is 11.4 Å². The average molecular weight is 191 g/mol. The molecule has 12 heavy (non-hydrogen) atoms. The summed E-state index contributed by atoms with van der Waals surface area (Å²) in [4.78, 5) is 0.159. The van der Waals surface area contributed by atoms with E-state index in [0.29, 0.717) is 6.54 Å². The van der Waals surface area contributed by atoms with Crippen LogP contribution in [-0.4, -0.2) is 15.0 Å². The topological polar surface area (TPSA) is 46.2 Å². The van der Waals surface area contributed by atoms with Crippen molar-refractivity contribution in [3.8, 4) is 0 Å². The summed E-state index contributed by atoms with van der Waals surface area (Å²) in [7, 11) is -3.28. The molecule has 0 aromatic rings. The average Bonchev–Trinajstić information content (AvgIpc) is 1.82. The smallest absolute Gasteiger partial charge is 0.211 e. The maximum Gasteiger partial charge on any atom is 0.235 e. The van der Waals surface area contributed by atoms with Gasteiger partial charge in [0.2, 0.25) is 10.0 Å². The monoisotopic (exact) mass is 191 g/mol. The van der Waals surface area contributed by atoms with E-state index in [4.69, 9.17) is 0 Å². The molecule has 72 valence electrons. The summed E-state index contributed by atoms with van der Waals surface area (Å²) in [5.74, 6) is 0. The number of rotatable bonds is 3. The van der Waals surface area contributed by atoms with E-state index in [1.807, 2.05) is 20.8 Å². The van der Waals surface area contributed by atoms with Gasteiger partial charge in [-0.2, -0.15) is 0 Å². The van der Waals surface area contributed by atoms with Crippen LogP contribution in [0.2, 0.25) is 0 Å². The zero-order valence-corrected chi connectivity index (χ0v) is 8.96. The molecule has 4 heteroatoms. The Hall–Kier alpha value is -0.350. The number of hydrogen-bond acceptors (Lipinski definition) is 2. The lowest BCUT2D eigenvalue weighted by atomic mass is 9.98. The maximum atomic E-state index is 11.2. The van der Waals surface area contributed by atoms with E-state index < -0.39 is 10.0 Å². The molecule has 0 aliphatic carbocycles. The Labute approximate surface area is 74.9 Å². The van der Waals surface area contributed by atoms with Gasteiger partial charge in [0.1, 0.15) is 0 Å². The molecule has 0 bridgehead atoms. The van der Waals surface area contributed by atoms with Crippen molar-refractivity contribution in [1.29, 1.82) is 0 Å². The maximum absolute atomic E-state index is 11.2. The fourth-order valence-electron chi connectivity index (χ4n) is 0.435. The van der Waals surface area contributed by atoms with Crippen molar-refractivity contribution in [3.05, 3.63) is 11.5 Å². The van der Waals surface area contributed by atoms with Gasteiger partial charge in [0.05, 0.1) is 0 Å². The van der Waals surface area contributed by atoms with Crippen LogP contribution in [0.15, 0.2) is 11.5 Å². The first kappa shape index (κ1) is 11.6. The lowest BCUT2D eigenvalue weighted by Crippen LogP contribution is -2.32. The molecule has 0 radical (unpaired) electrons. The van der Waals surface area contributed by atoms with Gasteiger partial charge in [0.15, 0.2) is 0 Å². The molecule has 0 aliphatic heterocycles. The predicted octanol–water partition coefficient (Wildman–Crippen LogP) is 1.49. The summed E-state index contributed by atoms with van der Waals surface area (Å²) in [5, 5.41) is 0. The third kappa shape index (κ3) is 4.51. The molecular weight excluding hydrogens is 174 g/mol. The standard InChI is InChI=1S/C8H17NO2S/c1-7(2)12(10,11)9-6-8(3,4)5/h9H,1,6H2,2-5H3. The molecule has 0 amide bonds. The highest BCUT2D eigenvalue weighted by atomic mass is 32.2. The second-order valence-corrected chi connectivity index (χ2v) is 6.08. The lowest BCUT2D eigenvalue weighted by Gasteiger charge is -2.18. The van der Waals surface area contributed by atoms with Crippen LogP contribution in [0.25, 0.3) is 0 Å². The van der Waals surface area contributed by atoms with Crippen molar-refractivity contribution in [2.45, 2.75) is 27.7 Å². The molecule has 0 rings (SSSR count). The van der Waals surface area contributed by atoms with E-state index in [9.17, 15) is 8.42 Å². The highest BCUT2D eigenvalue weighted by Crippen LogP contribution is 2.12. The second-order valence-electron chi connectivity index (χ2n) is 4.09. The number of hydrogen-bond donors (Lipinski definition) is 1. The molecule has 0 spiro atoms. The summed E-state index contributed by atoms with van der Waals surface area (Å²) in [6.07, 6.45) is 0. The minimum atomic E-state index is -3.28. The van der Waals surface area contributed by atoms with Crippen LogP contribution in [0.4, 0.5) is 0 Å². The van der Waals surface area contributed by atoms with Crippen LogP contribution >= 0.6 is 0 Å². The Kier molecular flexibility index (Phi) is 3.47. The van der Waals surface area contributed by atoms with Gasteiger partial charge in [-0.1, -0.05) is 27.4 Å². The van der Waals surface area contributed by atoms with Gasteiger partial charge in [-0.3, -0.25) is 0 Å². The Bertz CT molecular complexity index is 259. The minimum Gasteiger partial charge on any atom is -0.211 e. The number of nitrogens with one attached hydrogen (secondary N) is 1. The van der Waals surface area contributed by atoms with Crippen molar-refractivity contribution in [1.82, 2.24) is 4.72 Å². The molecule has 0 unspecified atom stereocenters. The number of sulfonamides is 1. The highest BCUT2D eigenvalue weighted by molar-refractivity contribution is 7.93. The van der Waals surface area contributed by atoms with Crippen LogP contribution in [0.3, 0.4) is 0 Å². The van der Waals surface area contributed by atoms with Crippen molar-refractivity contribution in [2.75, 3.05) is 6.54 Å². The Morgan fingerprint density at radius 3 is 2.08 bits per heavy atom. The van der Waals surface area contributed by atoms with Gasteiger partial charge in [-0.25, -0.2) is 13.1 Å². The molecule has 3 nitrogen and oxygen atoms in total. The molecule has 0 aromatic heterocycles. The van der Waals surface area contributed by atoms with Crippen molar-refractivity contribution in [3.63, 3.8) is 0 Å². The Morgan fingerprint density at radius 2 is 1.83 bits per heavy atom. The Balaban J connectivity index is 4.22. The van der Waals surface area contributed by atoms with Crippen LogP contribution in [-0.2, 0) is 10.0 Å². The first-order chi connectivity index (χ1) is 5.15. The molecule has 1 N–H and O–H groups in total. The third-order valence-electron chi connectivity index (χ3n) is 1.25. The SMILES string of the molecule is C=C(C)S(=O)(=O)NCC(C)(C)C. The van der Waals surface area contributed by atoms with Crippen molar-refractivity contribution < 1.29 is 8.42 Å². The molecular formula is C8H17NO2S. The molecule has 0 atom stereocenters. The predicted molar refractivity (Wildman–Crippen MR) is 51.2 cm³/mol. The van der Waals surface area contributed by atoms with Crippen LogP contribution in [0.5, 0.6) is 0 Å². The van der Waals surface area contributed by atoms with E-state index in [2.05, 4.69) is 11.3 Å². The third-order valence-corrected chi connectivity index (χ3v) is 2.69. The summed E-state index contributed by atoms with van der Waals surface area (Å²) in [5.41, 5.74) is -0.0392. The van der Waals surface area contributed by atoms with E-state index in [1.165, 1.54) is 6.92 Å². The summed E-state index contributed by atoms with van der Waals surface area (Å²) in [6.45, 7) is 11.2. The lowest BCUT2D eigenvalue weighted by molar-refractivity contribution is 0.408. The minimum absolute atomic E-state index is 0.0392. The van der Waals surface area contributed by atoms with Crippen LogP contribution in [0.1, 0.15) is 27.7 Å². The van der Waals surface area contributed by atoms with E-state index in [1.54, 1.807) is 0 Å². The molecule has 0 aliphatic rings. The molecule has 0 fully saturated rings. The molecule has 0 aromatic carbocycles. The molecule has 0 saturated carbocycles. The van der Waals surface area contributed by atoms with Gasteiger partial charge in [-0.15, -0.1) is 0 Å². The zero-order valence-electron chi connectivity index (χ0n) is 8.14. The van der Waals surface area contributed by atoms with Gasteiger partial charge in [0.25, 0.3) is 0 Å². The van der Waals surface area contributed by atoms with Crippen LogP contribution < -0.4 is 4.72 Å². The largest absolute Gasteiger partial charge is 0.235 e. The van der Waals surface area contributed by atoms with Crippen molar-refractivity contribution >= 4 is 10.0 Å². The Morgan fingerprint density at radius 1 is 1.42 bits per heavy atom. The van der Waals surface area contributed by atoms with Crippen LogP contribution in [0, 0.1) is 5.41 Å². The molecule has 0 saturated heterocycles. The fourth-order valence-corrected chi connectivity index (χ4v) is 1.30. The van der Waals surface area contributed by atoms with E-state index in [-0.39, 0.29) is 10.3 Å². The normalized spacial score (nSPS) is 13.0. The quantitative estimate of drug-likeness (QED) is 0.734. The van der Waals surface area contributed by atoms with E-state index in [0.717, 1.165) is 0 Å². The summed E-state index contributed by atoms with van der Waals surface area (Å²) < 4.78 is 24.8. The number of allylic oxidation sites excluding steroid dienone is 1. The van der Waals surface area contributed by atoms with Crippen molar-refractivity contribution in [2.24, 2.45) is 5.41 Å². The molecule has 0 heterocycles. The first-order valence-corrected chi connectivity index (χ1v) is 5.29. The van der Waals surface area contributed by atoms with E-state index >= 15 is 0 Å². The summed E-state index contributed by atoms with van der Waals surface area (Å²) >= 11 is 0. The second kappa shape index (κ2) is 3.58. The first-order valence-electron chi connectivity index (χ1n) is 3.80. The van der Waals surface area contributed by atoms with Gasteiger partial charge < -0.3 is 0 Å². The van der Waals surface area contributed by atoms with Gasteiger partial charge >= 0.3 is 0 Å². The highest BCUT2D eigenvalue weighted by Gasteiger charge is 2.16. The fraction of sp³-hybridized carbons (Fsp3) is 0.750. The summed E-state index contributed by atoms with van der Waals surface area (Å²) in [6, 6.07) is 0. The van der Waals surface area contributed by atoms with Gasteiger partial charge in [-0.05, 0) is 12.3 Å².